The molecule has 0 radical (unpaired) electrons. The number of hydrogen-bond acceptors (Lipinski definition) is 5. The topological polar surface area (TPSA) is 65.1 Å². The van der Waals surface area contributed by atoms with Crippen molar-refractivity contribution in [3.8, 4) is 11.5 Å². The van der Waals surface area contributed by atoms with Crippen molar-refractivity contribution in [2.45, 2.75) is 20.3 Å². The summed E-state index contributed by atoms with van der Waals surface area (Å²) in [5, 5.41) is 0. The predicted molar refractivity (Wildman–Crippen MR) is 75.4 cm³/mol. The van der Waals surface area contributed by atoms with Crippen molar-refractivity contribution in [1.29, 1.82) is 0 Å². The molecular weight excluding hydrogens is 274 g/mol. The van der Waals surface area contributed by atoms with Gasteiger partial charge in [0.05, 0.1) is 13.0 Å². The second kappa shape index (κ2) is 6.97. The Morgan fingerprint density at radius 1 is 1.24 bits per heavy atom. The zero-order valence-corrected chi connectivity index (χ0v) is 12.3. The van der Waals surface area contributed by atoms with E-state index in [4.69, 9.17) is 14.2 Å². The van der Waals surface area contributed by atoms with Crippen molar-refractivity contribution in [2.24, 2.45) is 0 Å². The van der Waals surface area contributed by atoms with Gasteiger partial charge in [-0.2, -0.15) is 0 Å². The summed E-state index contributed by atoms with van der Waals surface area (Å²) in [4.78, 5) is 25.4. The molecule has 6 nitrogen and oxygen atoms in total. The summed E-state index contributed by atoms with van der Waals surface area (Å²) in [5.74, 6) is 0.776. The first-order valence-electron chi connectivity index (χ1n) is 7.00. The fourth-order valence-electron chi connectivity index (χ4n) is 2.07. The molecule has 1 aromatic carbocycles. The van der Waals surface area contributed by atoms with E-state index in [1.807, 2.05) is 6.92 Å². The van der Waals surface area contributed by atoms with Crippen LogP contribution in [-0.2, 0) is 9.53 Å². The molecule has 6 heteroatoms. The van der Waals surface area contributed by atoms with Crippen molar-refractivity contribution in [1.82, 2.24) is 4.90 Å². The lowest BCUT2D eigenvalue weighted by Gasteiger charge is -2.20. The van der Waals surface area contributed by atoms with Crippen LogP contribution in [0, 0.1) is 0 Å². The van der Waals surface area contributed by atoms with Gasteiger partial charge in [0, 0.05) is 18.7 Å². The molecule has 1 aliphatic heterocycles. The van der Waals surface area contributed by atoms with Crippen molar-refractivity contribution < 1.29 is 23.8 Å². The van der Waals surface area contributed by atoms with Gasteiger partial charge in [-0.1, -0.05) is 0 Å². The molecule has 1 amide bonds. The van der Waals surface area contributed by atoms with Gasteiger partial charge in [0.25, 0.3) is 5.91 Å². The largest absolute Gasteiger partial charge is 0.466 e. The number of carbonyl (C=O) groups excluding carboxylic acids is 2. The smallest absolute Gasteiger partial charge is 0.307 e. The SMILES string of the molecule is CCOC(=O)CCN(CC)C(=O)c1ccc2c(c1)OCO2. The highest BCUT2D eigenvalue weighted by molar-refractivity contribution is 5.95. The zero-order valence-electron chi connectivity index (χ0n) is 12.3. The normalized spacial score (nSPS) is 12.1. The van der Waals surface area contributed by atoms with E-state index < -0.39 is 0 Å². The molecule has 1 aliphatic rings. The summed E-state index contributed by atoms with van der Waals surface area (Å²) < 4.78 is 15.4. The molecule has 0 saturated carbocycles. The summed E-state index contributed by atoms with van der Waals surface area (Å²) in [6, 6.07) is 5.08. The lowest BCUT2D eigenvalue weighted by Crippen LogP contribution is -2.33. The molecule has 0 spiro atoms. The number of fused-ring (bicyclic) bond motifs is 1. The van der Waals surface area contributed by atoms with E-state index in [0.29, 0.717) is 36.8 Å². The van der Waals surface area contributed by atoms with Crippen LogP contribution in [0.3, 0.4) is 0 Å². The first-order valence-corrected chi connectivity index (χ1v) is 7.00. The second-order valence-corrected chi connectivity index (χ2v) is 4.51. The molecule has 1 heterocycles. The Labute approximate surface area is 123 Å². The molecule has 0 atom stereocenters. The highest BCUT2D eigenvalue weighted by Gasteiger charge is 2.20. The van der Waals surface area contributed by atoms with E-state index in [9.17, 15) is 9.59 Å². The number of amides is 1. The average Bonchev–Trinajstić information content (AvgIpc) is 2.95. The highest BCUT2D eigenvalue weighted by atomic mass is 16.7. The minimum Gasteiger partial charge on any atom is -0.466 e. The minimum absolute atomic E-state index is 0.139. The molecule has 0 saturated heterocycles. The summed E-state index contributed by atoms with van der Waals surface area (Å²) in [7, 11) is 0. The highest BCUT2D eigenvalue weighted by Crippen LogP contribution is 2.32. The van der Waals surface area contributed by atoms with Crippen molar-refractivity contribution in [3.63, 3.8) is 0 Å². The number of benzene rings is 1. The quantitative estimate of drug-likeness (QED) is 0.749. The van der Waals surface area contributed by atoms with Gasteiger partial charge < -0.3 is 19.1 Å². The van der Waals surface area contributed by atoms with Gasteiger partial charge in [-0.15, -0.1) is 0 Å². The first kappa shape index (κ1) is 15.2. The van der Waals surface area contributed by atoms with Crippen LogP contribution in [0.5, 0.6) is 11.5 Å². The molecule has 0 aliphatic carbocycles. The number of nitrogens with zero attached hydrogens (tertiary/aromatic N) is 1. The monoisotopic (exact) mass is 293 g/mol. The van der Waals surface area contributed by atoms with Crippen LogP contribution in [0.25, 0.3) is 0 Å². The van der Waals surface area contributed by atoms with E-state index >= 15 is 0 Å². The molecule has 0 N–H and O–H groups in total. The van der Waals surface area contributed by atoms with Gasteiger partial charge >= 0.3 is 5.97 Å². The molecule has 1 aromatic rings. The summed E-state index contributed by atoms with van der Waals surface area (Å²) >= 11 is 0. The number of esters is 1. The third-order valence-corrected chi connectivity index (χ3v) is 3.18. The maximum Gasteiger partial charge on any atom is 0.307 e. The Balaban J connectivity index is 2.01. The Hall–Kier alpha value is -2.24. The van der Waals surface area contributed by atoms with Crippen molar-refractivity contribution in [3.05, 3.63) is 23.8 Å². The Bertz CT molecular complexity index is 529. The number of ether oxygens (including phenoxy) is 3. The fraction of sp³-hybridized carbons (Fsp3) is 0.467. The lowest BCUT2D eigenvalue weighted by atomic mass is 10.1. The van der Waals surface area contributed by atoms with Crippen LogP contribution in [0.1, 0.15) is 30.6 Å². The molecule has 0 aromatic heterocycles. The molecular formula is C15H19NO5. The third kappa shape index (κ3) is 3.65. The van der Waals surface area contributed by atoms with Crippen LogP contribution in [0.2, 0.25) is 0 Å². The number of hydrogen-bond donors (Lipinski definition) is 0. The maximum atomic E-state index is 12.4. The standard InChI is InChI=1S/C15H19NO5/c1-3-16(8-7-14(17)19-4-2)15(18)11-5-6-12-13(9-11)21-10-20-12/h5-6,9H,3-4,7-8,10H2,1-2H3. The van der Waals surface area contributed by atoms with Crippen molar-refractivity contribution in [2.75, 3.05) is 26.5 Å². The van der Waals surface area contributed by atoms with Crippen LogP contribution in [-0.4, -0.2) is 43.3 Å². The van der Waals surface area contributed by atoms with Crippen LogP contribution in [0.15, 0.2) is 18.2 Å². The summed E-state index contributed by atoms with van der Waals surface area (Å²) in [6.07, 6.45) is 0.192. The third-order valence-electron chi connectivity index (χ3n) is 3.18. The Morgan fingerprint density at radius 3 is 2.71 bits per heavy atom. The number of rotatable bonds is 6. The second-order valence-electron chi connectivity index (χ2n) is 4.51. The molecule has 0 fully saturated rings. The van der Waals surface area contributed by atoms with E-state index in [-0.39, 0.29) is 25.1 Å². The van der Waals surface area contributed by atoms with Crippen LogP contribution >= 0.6 is 0 Å². The molecule has 0 unspecified atom stereocenters. The molecule has 21 heavy (non-hydrogen) atoms. The first-order chi connectivity index (χ1) is 10.2. The van der Waals surface area contributed by atoms with Crippen molar-refractivity contribution >= 4 is 11.9 Å². The average molecular weight is 293 g/mol. The van der Waals surface area contributed by atoms with Gasteiger partial charge in [0.1, 0.15) is 0 Å². The Kier molecular flexibility index (Phi) is 5.03. The minimum atomic E-state index is -0.297. The molecule has 114 valence electrons. The van der Waals surface area contributed by atoms with E-state index in [0.717, 1.165) is 0 Å². The molecule has 0 bridgehead atoms. The van der Waals surface area contributed by atoms with Gasteiger partial charge in [-0.25, -0.2) is 0 Å². The van der Waals surface area contributed by atoms with Crippen LogP contribution < -0.4 is 9.47 Å². The Morgan fingerprint density at radius 2 is 2.00 bits per heavy atom. The van der Waals surface area contributed by atoms with Gasteiger partial charge in [0.2, 0.25) is 6.79 Å². The zero-order chi connectivity index (χ0) is 15.2. The summed E-state index contributed by atoms with van der Waals surface area (Å²) in [5.41, 5.74) is 0.518. The fourth-order valence-corrected chi connectivity index (χ4v) is 2.07. The van der Waals surface area contributed by atoms with Gasteiger partial charge in [0.15, 0.2) is 11.5 Å². The van der Waals surface area contributed by atoms with E-state index in [2.05, 4.69) is 0 Å². The molecule has 2 rings (SSSR count). The van der Waals surface area contributed by atoms with Gasteiger partial charge in [-0.05, 0) is 32.0 Å². The number of carbonyl (C=O) groups is 2. The van der Waals surface area contributed by atoms with Gasteiger partial charge in [-0.3, -0.25) is 9.59 Å². The maximum absolute atomic E-state index is 12.4. The predicted octanol–water partition coefficient (Wildman–Crippen LogP) is 1.83. The van der Waals surface area contributed by atoms with E-state index in [1.165, 1.54) is 0 Å². The lowest BCUT2D eigenvalue weighted by molar-refractivity contribution is -0.143. The van der Waals surface area contributed by atoms with E-state index in [1.54, 1.807) is 30.0 Å². The summed E-state index contributed by atoms with van der Waals surface area (Å²) in [6.45, 7) is 5.01. The van der Waals surface area contributed by atoms with Crippen LogP contribution in [0.4, 0.5) is 0 Å².